The Bertz CT molecular complexity index is 116. The quantitative estimate of drug-likeness (QED) is 0.574. The van der Waals surface area contributed by atoms with Crippen LogP contribution in [0.5, 0.6) is 0 Å². The fourth-order valence-corrected chi connectivity index (χ4v) is 2.28. The van der Waals surface area contributed by atoms with Crippen LogP contribution < -0.4 is 0 Å². The van der Waals surface area contributed by atoms with Gasteiger partial charge in [-0.2, -0.15) is 0 Å². The second-order valence-electron chi connectivity index (χ2n) is 2.98. The van der Waals surface area contributed by atoms with Crippen molar-refractivity contribution in [3.8, 4) is 0 Å². The molecule has 0 saturated carbocycles. The van der Waals surface area contributed by atoms with Gasteiger partial charge in [0.15, 0.2) is 0 Å². The molecule has 0 bridgehead atoms. The van der Waals surface area contributed by atoms with Crippen molar-refractivity contribution < 1.29 is 0 Å². The fourth-order valence-electron chi connectivity index (χ4n) is 1.10. The van der Waals surface area contributed by atoms with Gasteiger partial charge in [-0.3, -0.25) is 0 Å². The summed E-state index contributed by atoms with van der Waals surface area (Å²) in [5.74, 6) is 0.828. The lowest BCUT2D eigenvalue weighted by molar-refractivity contribution is 0.590. The van der Waals surface area contributed by atoms with Gasteiger partial charge < -0.3 is 0 Å². The lowest BCUT2D eigenvalue weighted by Gasteiger charge is -2.10. The van der Waals surface area contributed by atoms with E-state index in [1.165, 1.54) is 17.7 Å². The largest absolute Gasteiger partial charge is 0.128 e. The van der Waals surface area contributed by atoms with Crippen molar-refractivity contribution in [2.24, 2.45) is 5.92 Å². The van der Waals surface area contributed by atoms with E-state index in [1.807, 2.05) is 25.6 Å². The maximum absolute atomic E-state index is 3.95. The molecule has 0 aromatic rings. The molecule has 0 nitrogen and oxygen atoms in total. The van der Waals surface area contributed by atoms with Crippen LogP contribution in [-0.4, -0.2) is 5.25 Å². The lowest BCUT2D eigenvalue weighted by atomic mass is 10.1. The zero-order chi connectivity index (χ0) is 8.85. The molecule has 1 saturated heterocycles. The van der Waals surface area contributed by atoms with Crippen molar-refractivity contribution in [2.75, 3.05) is 0 Å². The molecule has 11 heavy (non-hydrogen) atoms. The van der Waals surface area contributed by atoms with E-state index in [0.29, 0.717) is 0 Å². The van der Waals surface area contributed by atoms with Crippen molar-refractivity contribution in [3.63, 3.8) is 0 Å². The summed E-state index contributed by atoms with van der Waals surface area (Å²) in [6.45, 7) is 12.5. The monoisotopic (exact) mass is 172 g/mol. The number of allylic oxidation sites excluding steroid dienone is 1. The van der Waals surface area contributed by atoms with Gasteiger partial charge in [0.05, 0.1) is 0 Å². The average Bonchev–Trinajstić information content (AvgIpc) is 2.40. The minimum atomic E-state index is 0.828. The molecule has 1 aliphatic rings. The first-order chi connectivity index (χ1) is 5.20. The Balaban J connectivity index is 0.000000461. The highest BCUT2D eigenvalue weighted by Gasteiger charge is 2.20. The highest BCUT2D eigenvalue weighted by atomic mass is 32.2. The highest BCUT2D eigenvalue weighted by Crippen LogP contribution is 2.39. The molecule has 0 aromatic heterocycles. The van der Waals surface area contributed by atoms with Crippen LogP contribution in [0.4, 0.5) is 0 Å². The maximum Gasteiger partial charge on any atom is 0.0117 e. The van der Waals surface area contributed by atoms with Crippen molar-refractivity contribution >= 4 is 11.8 Å². The van der Waals surface area contributed by atoms with Gasteiger partial charge in [-0.15, -0.1) is 11.8 Å². The summed E-state index contributed by atoms with van der Waals surface area (Å²) in [4.78, 5) is 1.38. The molecule has 66 valence electrons. The minimum absolute atomic E-state index is 0.828. The van der Waals surface area contributed by atoms with Crippen molar-refractivity contribution in [1.82, 2.24) is 0 Å². The Morgan fingerprint density at radius 2 is 2.00 bits per heavy atom. The van der Waals surface area contributed by atoms with E-state index in [9.17, 15) is 0 Å². The summed E-state index contributed by atoms with van der Waals surface area (Å²) in [5, 5.41) is 0.859. The summed E-state index contributed by atoms with van der Waals surface area (Å²) in [6, 6.07) is 0. The van der Waals surface area contributed by atoms with Crippen LogP contribution in [-0.2, 0) is 0 Å². The van der Waals surface area contributed by atoms with E-state index in [0.717, 1.165) is 11.2 Å². The third-order valence-electron chi connectivity index (χ3n) is 1.77. The predicted molar refractivity (Wildman–Crippen MR) is 55.9 cm³/mol. The van der Waals surface area contributed by atoms with Crippen LogP contribution in [0.3, 0.4) is 0 Å². The van der Waals surface area contributed by atoms with Gasteiger partial charge in [-0.05, 0) is 23.7 Å². The van der Waals surface area contributed by atoms with E-state index >= 15 is 0 Å². The van der Waals surface area contributed by atoms with Gasteiger partial charge in [-0.1, -0.05) is 34.3 Å². The summed E-state index contributed by atoms with van der Waals surface area (Å²) in [6.07, 6.45) is 2.59. The lowest BCUT2D eigenvalue weighted by Crippen LogP contribution is -2.05. The zero-order valence-electron chi connectivity index (χ0n) is 8.18. The van der Waals surface area contributed by atoms with E-state index in [1.54, 1.807) is 0 Å². The van der Waals surface area contributed by atoms with Crippen molar-refractivity contribution in [3.05, 3.63) is 11.5 Å². The third-order valence-corrected chi connectivity index (χ3v) is 3.39. The molecule has 0 amide bonds. The van der Waals surface area contributed by atoms with Gasteiger partial charge in [0.25, 0.3) is 0 Å². The zero-order valence-corrected chi connectivity index (χ0v) is 9.00. The first kappa shape index (κ1) is 11.1. The molecule has 0 aliphatic carbocycles. The van der Waals surface area contributed by atoms with Crippen LogP contribution in [0.2, 0.25) is 0 Å². The normalized spacial score (nSPS) is 23.4. The second kappa shape index (κ2) is 5.70. The van der Waals surface area contributed by atoms with Crippen LogP contribution in [0.25, 0.3) is 0 Å². The van der Waals surface area contributed by atoms with E-state index in [4.69, 9.17) is 0 Å². The minimum Gasteiger partial charge on any atom is -0.128 e. The Kier molecular flexibility index (Phi) is 5.75. The average molecular weight is 172 g/mol. The topological polar surface area (TPSA) is 0 Å². The molecule has 1 atom stereocenters. The van der Waals surface area contributed by atoms with Crippen LogP contribution in [0.15, 0.2) is 11.5 Å². The molecule has 1 rings (SSSR count). The van der Waals surface area contributed by atoms with Crippen molar-refractivity contribution in [1.29, 1.82) is 0 Å². The molecule has 0 radical (unpaired) electrons. The Labute approximate surface area is 75.5 Å². The first-order valence-corrected chi connectivity index (χ1v) is 5.42. The standard InChI is InChI=1S/C8H14S.C2H6/c1-6(2)8-5-4-7(3)9-8;1-2/h6,8H,3-5H2,1-2H3;1-2H3. The van der Waals surface area contributed by atoms with Crippen LogP contribution in [0, 0.1) is 5.92 Å². The highest BCUT2D eigenvalue weighted by molar-refractivity contribution is 8.03. The Hall–Kier alpha value is 0.0900. The summed E-state index contributed by atoms with van der Waals surface area (Å²) < 4.78 is 0. The van der Waals surface area contributed by atoms with Gasteiger partial charge in [0.2, 0.25) is 0 Å². The number of hydrogen-bond donors (Lipinski definition) is 0. The van der Waals surface area contributed by atoms with Gasteiger partial charge >= 0.3 is 0 Å². The SMILES string of the molecule is C=C1CCC(C(C)C)S1.CC. The molecule has 0 N–H and O–H groups in total. The predicted octanol–water partition coefficient (Wildman–Crippen LogP) is 4.08. The Morgan fingerprint density at radius 3 is 2.18 bits per heavy atom. The summed E-state index contributed by atoms with van der Waals surface area (Å²) >= 11 is 1.98. The number of hydrogen-bond acceptors (Lipinski definition) is 1. The fraction of sp³-hybridized carbons (Fsp3) is 0.800. The first-order valence-electron chi connectivity index (χ1n) is 4.54. The molecule has 1 aliphatic heterocycles. The molecule has 1 heterocycles. The van der Waals surface area contributed by atoms with Crippen molar-refractivity contribution in [2.45, 2.75) is 45.8 Å². The molecule has 0 aromatic carbocycles. The molecule has 0 spiro atoms. The molecular formula is C10H20S. The van der Waals surface area contributed by atoms with Crippen LogP contribution >= 0.6 is 11.8 Å². The summed E-state index contributed by atoms with van der Waals surface area (Å²) in [5.41, 5.74) is 0. The molecule has 1 heteroatoms. The number of thioether (sulfide) groups is 1. The van der Waals surface area contributed by atoms with Crippen LogP contribution in [0.1, 0.15) is 40.5 Å². The third kappa shape index (κ3) is 3.85. The molecule has 1 fully saturated rings. The maximum atomic E-state index is 3.95. The van der Waals surface area contributed by atoms with Gasteiger partial charge in [0, 0.05) is 5.25 Å². The van der Waals surface area contributed by atoms with Gasteiger partial charge in [0.1, 0.15) is 0 Å². The van der Waals surface area contributed by atoms with E-state index in [-0.39, 0.29) is 0 Å². The van der Waals surface area contributed by atoms with Gasteiger partial charge in [-0.25, -0.2) is 0 Å². The molecular weight excluding hydrogens is 152 g/mol. The smallest absolute Gasteiger partial charge is 0.0117 e. The van der Waals surface area contributed by atoms with E-state index < -0.39 is 0 Å². The van der Waals surface area contributed by atoms with E-state index in [2.05, 4.69) is 20.4 Å². The summed E-state index contributed by atoms with van der Waals surface area (Å²) in [7, 11) is 0. The number of rotatable bonds is 1. The second-order valence-corrected chi connectivity index (χ2v) is 4.40. The molecule has 1 unspecified atom stereocenters. The Morgan fingerprint density at radius 1 is 1.45 bits per heavy atom.